The molecule has 2 rings (SSSR count). The molecule has 1 aromatic carbocycles. The second-order valence-electron chi connectivity index (χ2n) is 4.82. The predicted octanol–water partition coefficient (Wildman–Crippen LogP) is 1.36. The Labute approximate surface area is 138 Å². The van der Waals surface area contributed by atoms with Gasteiger partial charge in [0.2, 0.25) is 10.0 Å². The lowest BCUT2D eigenvalue weighted by molar-refractivity contribution is -0.120. The van der Waals surface area contributed by atoms with Gasteiger partial charge < -0.3 is 10.5 Å². The van der Waals surface area contributed by atoms with Gasteiger partial charge in [0.1, 0.15) is 17.0 Å². The van der Waals surface area contributed by atoms with Gasteiger partial charge >= 0.3 is 0 Å². The lowest BCUT2D eigenvalue weighted by Gasteiger charge is -2.16. The van der Waals surface area contributed by atoms with E-state index in [1.165, 1.54) is 20.2 Å². The summed E-state index contributed by atoms with van der Waals surface area (Å²) < 4.78 is 35.7. The SMILES string of the molecule is COc1cccc(C(C)S(=O)(=O)NC(=O)C(N)c2ccns2)c1. The largest absolute Gasteiger partial charge is 0.497 e. The third kappa shape index (κ3) is 4.06. The lowest BCUT2D eigenvalue weighted by atomic mass is 10.1. The fraction of sp³-hybridized carbons (Fsp3) is 0.286. The van der Waals surface area contributed by atoms with Crippen molar-refractivity contribution >= 4 is 27.5 Å². The van der Waals surface area contributed by atoms with Gasteiger partial charge in [-0.05, 0) is 42.2 Å². The molecule has 2 aromatic rings. The van der Waals surface area contributed by atoms with Crippen LogP contribution in [-0.4, -0.2) is 25.8 Å². The number of carbonyl (C=O) groups is 1. The number of ether oxygens (including phenoxy) is 1. The molecule has 124 valence electrons. The van der Waals surface area contributed by atoms with Crippen LogP contribution in [0.3, 0.4) is 0 Å². The van der Waals surface area contributed by atoms with Gasteiger partial charge in [-0.25, -0.2) is 12.8 Å². The minimum atomic E-state index is -3.92. The monoisotopic (exact) mass is 355 g/mol. The van der Waals surface area contributed by atoms with Crippen molar-refractivity contribution < 1.29 is 17.9 Å². The van der Waals surface area contributed by atoms with Crippen LogP contribution in [0.25, 0.3) is 0 Å². The zero-order valence-electron chi connectivity index (χ0n) is 12.6. The summed E-state index contributed by atoms with van der Waals surface area (Å²) in [5, 5.41) is -0.935. The highest BCUT2D eigenvalue weighted by molar-refractivity contribution is 7.90. The number of rotatable bonds is 6. The summed E-state index contributed by atoms with van der Waals surface area (Å²) in [6, 6.07) is 7.16. The molecule has 0 aliphatic heterocycles. The first-order valence-corrected chi connectivity index (χ1v) is 9.02. The number of amides is 1. The molecule has 2 unspecified atom stereocenters. The third-order valence-electron chi connectivity index (χ3n) is 3.32. The van der Waals surface area contributed by atoms with E-state index in [-0.39, 0.29) is 0 Å². The molecule has 1 heterocycles. The normalized spacial score (nSPS) is 14.0. The Bertz CT molecular complexity index is 775. The number of nitrogens with one attached hydrogen (secondary N) is 1. The van der Waals surface area contributed by atoms with Crippen LogP contribution in [0, 0.1) is 0 Å². The first-order chi connectivity index (χ1) is 10.8. The molecule has 0 saturated carbocycles. The molecule has 0 aliphatic carbocycles. The summed E-state index contributed by atoms with van der Waals surface area (Å²) >= 11 is 1.05. The molecule has 1 amide bonds. The Balaban J connectivity index is 2.15. The first kappa shape index (κ1) is 17.4. The molecule has 0 spiro atoms. The van der Waals surface area contributed by atoms with Crippen LogP contribution in [0.1, 0.15) is 28.7 Å². The summed E-state index contributed by atoms with van der Waals surface area (Å²) in [5.74, 6) is -0.249. The Hall–Kier alpha value is -1.97. The van der Waals surface area contributed by atoms with Crippen molar-refractivity contribution in [2.45, 2.75) is 18.2 Å². The fourth-order valence-corrected chi connectivity index (χ4v) is 3.56. The molecule has 0 radical (unpaired) electrons. The lowest BCUT2D eigenvalue weighted by Crippen LogP contribution is -2.39. The summed E-state index contributed by atoms with van der Waals surface area (Å²) in [6.07, 6.45) is 1.50. The van der Waals surface area contributed by atoms with Crippen molar-refractivity contribution in [2.75, 3.05) is 7.11 Å². The van der Waals surface area contributed by atoms with Gasteiger partial charge in [0.05, 0.1) is 12.0 Å². The van der Waals surface area contributed by atoms with E-state index in [1.807, 2.05) is 4.72 Å². The van der Waals surface area contributed by atoms with Gasteiger partial charge in [-0.15, -0.1) is 0 Å². The Morgan fingerprint density at radius 3 is 2.74 bits per heavy atom. The first-order valence-electron chi connectivity index (χ1n) is 6.70. The number of nitrogens with two attached hydrogens (primary N) is 1. The molecule has 7 nitrogen and oxygen atoms in total. The van der Waals surface area contributed by atoms with Crippen molar-refractivity contribution in [1.29, 1.82) is 0 Å². The minimum absolute atomic E-state index is 0.492. The number of hydrogen-bond donors (Lipinski definition) is 2. The van der Waals surface area contributed by atoms with Crippen molar-refractivity contribution in [2.24, 2.45) is 5.73 Å². The van der Waals surface area contributed by atoms with E-state index < -0.39 is 27.2 Å². The van der Waals surface area contributed by atoms with Crippen molar-refractivity contribution in [3.63, 3.8) is 0 Å². The molecule has 0 saturated heterocycles. The molecule has 3 N–H and O–H groups in total. The summed E-state index contributed by atoms with van der Waals surface area (Å²) in [4.78, 5) is 12.5. The summed E-state index contributed by atoms with van der Waals surface area (Å²) in [5.41, 5.74) is 6.26. The third-order valence-corrected chi connectivity index (χ3v) is 5.84. The van der Waals surface area contributed by atoms with Crippen LogP contribution in [0.5, 0.6) is 5.75 Å². The van der Waals surface area contributed by atoms with Crippen LogP contribution in [0.2, 0.25) is 0 Å². The van der Waals surface area contributed by atoms with Crippen LogP contribution in [0.15, 0.2) is 36.5 Å². The topological polar surface area (TPSA) is 111 Å². The predicted molar refractivity (Wildman–Crippen MR) is 87.5 cm³/mol. The maximum Gasteiger partial charge on any atom is 0.255 e. The number of nitrogens with zero attached hydrogens (tertiary/aromatic N) is 1. The van der Waals surface area contributed by atoms with E-state index in [4.69, 9.17) is 10.5 Å². The Kier molecular flexibility index (Phi) is 5.34. The van der Waals surface area contributed by atoms with Gasteiger partial charge in [0, 0.05) is 6.20 Å². The van der Waals surface area contributed by atoms with Crippen molar-refractivity contribution in [3.05, 3.63) is 47.0 Å². The van der Waals surface area contributed by atoms with E-state index in [2.05, 4.69) is 4.37 Å². The molecule has 2 atom stereocenters. The summed E-state index contributed by atoms with van der Waals surface area (Å²) in [7, 11) is -2.43. The molecular weight excluding hydrogens is 338 g/mol. The highest BCUT2D eigenvalue weighted by Crippen LogP contribution is 2.25. The molecule has 0 aliphatic rings. The molecule has 23 heavy (non-hydrogen) atoms. The molecule has 9 heteroatoms. The molecule has 1 aromatic heterocycles. The van der Waals surface area contributed by atoms with Gasteiger partial charge in [0.15, 0.2) is 0 Å². The fourth-order valence-electron chi connectivity index (χ4n) is 1.88. The van der Waals surface area contributed by atoms with Gasteiger partial charge in [-0.2, -0.15) is 0 Å². The average Bonchev–Trinajstić information content (AvgIpc) is 3.07. The van der Waals surface area contributed by atoms with Gasteiger partial charge in [-0.3, -0.25) is 9.52 Å². The molecular formula is C14H17N3O4S2. The number of hydrogen-bond acceptors (Lipinski definition) is 7. The van der Waals surface area contributed by atoms with E-state index in [9.17, 15) is 13.2 Å². The zero-order chi connectivity index (χ0) is 17.0. The van der Waals surface area contributed by atoms with E-state index in [0.717, 1.165) is 11.5 Å². The van der Waals surface area contributed by atoms with Crippen molar-refractivity contribution in [3.8, 4) is 5.75 Å². The van der Waals surface area contributed by atoms with Crippen molar-refractivity contribution in [1.82, 2.24) is 9.10 Å². The van der Waals surface area contributed by atoms with Crippen LogP contribution in [-0.2, 0) is 14.8 Å². The Morgan fingerprint density at radius 2 is 2.13 bits per heavy atom. The highest BCUT2D eigenvalue weighted by atomic mass is 32.2. The second kappa shape index (κ2) is 7.07. The number of sulfonamides is 1. The standard InChI is InChI=1S/C14H17N3O4S2/c1-9(10-4-3-5-11(8-10)21-2)23(19,20)17-14(18)13(15)12-6-7-16-22-12/h3-9,13H,15H2,1-2H3,(H,17,18). The minimum Gasteiger partial charge on any atom is -0.497 e. The maximum atomic E-state index is 12.4. The van der Waals surface area contributed by atoms with E-state index >= 15 is 0 Å². The van der Waals surface area contributed by atoms with E-state index in [0.29, 0.717) is 16.2 Å². The zero-order valence-corrected chi connectivity index (χ0v) is 14.2. The number of aromatic nitrogens is 1. The smallest absolute Gasteiger partial charge is 0.255 e. The quantitative estimate of drug-likeness (QED) is 0.809. The average molecular weight is 355 g/mol. The molecule has 0 bridgehead atoms. The van der Waals surface area contributed by atoms with Crippen LogP contribution >= 0.6 is 11.5 Å². The van der Waals surface area contributed by atoms with Gasteiger partial charge in [-0.1, -0.05) is 12.1 Å². The number of methoxy groups -OCH3 is 1. The second-order valence-corrected chi connectivity index (χ2v) is 7.69. The number of carbonyl (C=O) groups excluding carboxylic acids is 1. The van der Waals surface area contributed by atoms with E-state index in [1.54, 1.807) is 30.3 Å². The van der Waals surface area contributed by atoms with Gasteiger partial charge in [0.25, 0.3) is 5.91 Å². The summed E-state index contributed by atoms with van der Waals surface area (Å²) in [6.45, 7) is 1.49. The van der Waals surface area contributed by atoms with Crippen LogP contribution in [0.4, 0.5) is 0 Å². The van der Waals surface area contributed by atoms with Crippen LogP contribution < -0.4 is 15.2 Å². The highest BCUT2D eigenvalue weighted by Gasteiger charge is 2.28. The Morgan fingerprint density at radius 1 is 1.39 bits per heavy atom. The molecule has 0 fully saturated rings. The number of benzene rings is 1. The maximum absolute atomic E-state index is 12.4.